The van der Waals surface area contributed by atoms with Gasteiger partial charge in [0.15, 0.2) is 0 Å². The molecule has 2 aliphatic rings. The Morgan fingerprint density at radius 2 is 1.96 bits per heavy atom. The number of piperidine rings is 1. The summed E-state index contributed by atoms with van der Waals surface area (Å²) < 4.78 is 5.26. The highest BCUT2D eigenvalue weighted by atomic mass is 16.5. The number of aryl methyl sites for hydroxylation is 1. The Morgan fingerprint density at radius 1 is 1.12 bits per heavy atom. The summed E-state index contributed by atoms with van der Waals surface area (Å²) in [4.78, 5) is 7.27. The smallest absolute Gasteiger partial charge is 0.213 e. The van der Waals surface area contributed by atoms with Crippen LogP contribution in [0.4, 0.5) is 0 Å². The summed E-state index contributed by atoms with van der Waals surface area (Å²) in [6, 6.07) is 16.2. The molecular weight excluding hydrogens is 308 g/mol. The molecule has 1 aromatic heterocycles. The Bertz CT molecular complexity index is 769. The van der Waals surface area contributed by atoms with Crippen LogP contribution in [0.25, 0.3) is 5.57 Å². The summed E-state index contributed by atoms with van der Waals surface area (Å²) in [5.41, 5.74) is 5.24. The minimum Gasteiger partial charge on any atom is -0.481 e. The number of hydrogen-bond acceptors (Lipinski definition) is 3. The Morgan fingerprint density at radius 3 is 2.68 bits per heavy atom. The summed E-state index contributed by atoms with van der Waals surface area (Å²) >= 11 is 0. The molecule has 25 heavy (non-hydrogen) atoms. The van der Waals surface area contributed by atoms with Crippen LogP contribution < -0.4 is 4.74 Å². The quantitative estimate of drug-likeness (QED) is 0.816. The van der Waals surface area contributed by atoms with Crippen molar-refractivity contribution in [2.75, 3.05) is 7.11 Å². The average molecular weight is 334 g/mol. The van der Waals surface area contributed by atoms with E-state index in [1.807, 2.05) is 6.07 Å². The maximum Gasteiger partial charge on any atom is 0.213 e. The standard InChI is InChI=1S/C22H26N2O/c1-16-21(11-12-22(23-16)25-2)18-13-19-9-6-10-20(14-18)24(19)15-17-7-4-3-5-8-17/h3-5,7-8,11-13,19-20H,6,9-10,14-15H2,1-2H3. The zero-order valence-electron chi connectivity index (χ0n) is 15.1. The lowest BCUT2D eigenvalue weighted by atomic mass is 9.82. The van der Waals surface area contributed by atoms with Crippen LogP contribution in [0.15, 0.2) is 48.5 Å². The molecule has 0 saturated carbocycles. The van der Waals surface area contributed by atoms with E-state index in [4.69, 9.17) is 4.74 Å². The van der Waals surface area contributed by atoms with E-state index < -0.39 is 0 Å². The number of aromatic nitrogens is 1. The van der Waals surface area contributed by atoms with Crippen LogP contribution in [0.5, 0.6) is 5.88 Å². The van der Waals surface area contributed by atoms with Crippen molar-refractivity contribution in [3.05, 3.63) is 65.4 Å². The minimum atomic E-state index is 0.546. The highest BCUT2D eigenvalue weighted by molar-refractivity contribution is 5.69. The first-order valence-electron chi connectivity index (χ1n) is 9.27. The highest BCUT2D eigenvalue weighted by Crippen LogP contribution is 2.38. The molecule has 0 aliphatic carbocycles. The number of nitrogens with zero attached hydrogens (tertiary/aromatic N) is 2. The van der Waals surface area contributed by atoms with Gasteiger partial charge >= 0.3 is 0 Å². The molecule has 2 aromatic rings. The highest BCUT2D eigenvalue weighted by Gasteiger charge is 2.34. The molecule has 2 aliphatic heterocycles. The molecule has 1 saturated heterocycles. The maximum atomic E-state index is 5.26. The number of rotatable bonds is 4. The average Bonchev–Trinajstić information content (AvgIpc) is 2.62. The second-order valence-electron chi connectivity index (χ2n) is 7.19. The van der Waals surface area contributed by atoms with E-state index in [9.17, 15) is 0 Å². The first kappa shape index (κ1) is 16.3. The second-order valence-corrected chi connectivity index (χ2v) is 7.19. The van der Waals surface area contributed by atoms with Crippen LogP contribution >= 0.6 is 0 Å². The van der Waals surface area contributed by atoms with E-state index in [2.05, 4.69) is 59.3 Å². The van der Waals surface area contributed by atoms with Crippen LogP contribution in [0.1, 0.15) is 42.5 Å². The third kappa shape index (κ3) is 3.34. The van der Waals surface area contributed by atoms with Gasteiger partial charge in [-0.3, -0.25) is 4.90 Å². The van der Waals surface area contributed by atoms with Gasteiger partial charge in [-0.2, -0.15) is 0 Å². The largest absolute Gasteiger partial charge is 0.481 e. The molecule has 3 heterocycles. The van der Waals surface area contributed by atoms with E-state index in [0.717, 1.165) is 18.7 Å². The topological polar surface area (TPSA) is 25.4 Å². The van der Waals surface area contributed by atoms with Gasteiger partial charge < -0.3 is 4.74 Å². The SMILES string of the molecule is COc1ccc(C2=CC3CCCC(C2)N3Cc2ccccc2)c(C)n1. The summed E-state index contributed by atoms with van der Waals surface area (Å²) in [5, 5.41) is 0. The van der Waals surface area contributed by atoms with E-state index in [-0.39, 0.29) is 0 Å². The summed E-state index contributed by atoms with van der Waals surface area (Å²) in [6.07, 6.45) is 7.51. The second kappa shape index (κ2) is 7.01. The monoisotopic (exact) mass is 334 g/mol. The molecule has 0 spiro atoms. The molecule has 2 bridgehead atoms. The third-order valence-corrected chi connectivity index (χ3v) is 5.60. The van der Waals surface area contributed by atoms with Gasteiger partial charge in [-0.15, -0.1) is 0 Å². The summed E-state index contributed by atoms with van der Waals surface area (Å²) in [5.74, 6) is 0.698. The van der Waals surface area contributed by atoms with Crippen molar-refractivity contribution >= 4 is 5.57 Å². The normalized spacial score (nSPS) is 23.2. The molecule has 0 N–H and O–H groups in total. The fourth-order valence-corrected chi connectivity index (χ4v) is 4.35. The van der Waals surface area contributed by atoms with Crippen molar-refractivity contribution in [2.24, 2.45) is 0 Å². The lowest BCUT2D eigenvalue weighted by Gasteiger charge is -2.45. The van der Waals surface area contributed by atoms with E-state index in [1.54, 1.807) is 7.11 Å². The molecule has 3 nitrogen and oxygen atoms in total. The fraction of sp³-hybridized carbons (Fsp3) is 0.409. The molecule has 130 valence electrons. The van der Waals surface area contributed by atoms with Gasteiger partial charge in [-0.05, 0) is 49.0 Å². The van der Waals surface area contributed by atoms with Gasteiger partial charge in [0.25, 0.3) is 0 Å². The number of pyridine rings is 1. The number of fused-ring (bicyclic) bond motifs is 2. The zero-order chi connectivity index (χ0) is 17.2. The Kier molecular flexibility index (Phi) is 4.58. The molecule has 1 aromatic carbocycles. The number of ether oxygens (including phenoxy) is 1. The molecule has 0 radical (unpaired) electrons. The fourth-order valence-electron chi connectivity index (χ4n) is 4.35. The first-order valence-corrected chi connectivity index (χ1v) is 9.27. The van der Waals surface area contributed by atoms with Gasteiger partial charge in [0.2, 0.25) is 5.88 Å². The van der Waals surface area contributed by atoms with Crippen LogP contribution in [0, 0.1) is 6.92 Å². The Hall–Kier alpha value is -2.13. The van der Waals surface area contributed by atoms with E-state index >= 15 is 0 Å². The van der Waals surface area contributed by atoms with Crippen LogP contribution in [-0.2, 0) is 6.54 Å². The van der Waals surface area contributed by atoms with Crippen LogP contribution in [0.3, 0.4) is 0 Å². The molecular formula is C22H26N2O. The lowest BCUT2D eigenvalue weighted by Crippen LogP contribution is -2.47. The van der Waals surface area contributed by atoms with Crippen molar-refractivity contribution in [1.82, 2.24) is 9.88 Å². The predicted octanol–water partition coefficient (Wildman–Crippen LogP) is 4.61. The molecule has 1 fully saturated rings. The van der Waals surface area contributed by atoms with Gasteiger partial charge in [0.05, 0.1) is 7.11 Å². The minimum absolute atomic E-state index is 0.546. The van der Waals surface area contributed by atoms with Gasteiger partial charge in [-0.1, -0.05) is 42.8 Å². The predicted molar refractivity (Wildman–Crippen MR) is 102 cm³/mol. The van der Waals surface area contributed by atoms with Crippen LogP contribution in [0.2, 0.25) is 0 Å². The molecule has 2 atom stereocenters. The number of hydrogen-bond donors (Lipinski definition) is 0. The summed E-state index contributed by atoms with van der Waals surface area (Å²) in [6.45, 7) is 3.14. The number of methoxy groups -OCH3 is 1. The maximum absolute atomic E-state index is 5.26. The number of benzene rings is 1. The lowest BCUT2D eigenvalue weighted by molar-refractivity contribution is 0.0951. The van der Waals surface area contributed by atoms with Gasteiger partial charge in [0.1, 0.15) is 0 Å². The van der Waals surface area contributed by atoms with E-state index in [0.29, 0.717) is 18.0 Å². The molecule has 0 amide bonds. The Balaban J connectivity index is 1.61. The van der Waals surface area contributed by atoms with Crippen LogP contribution in [-0.4, -0.2) is 29.1 Å². The van der Waals surface area contributed by atoms with E-state index in [1.165, 1.54) is 36.0 Å². The van der Waals surface area contributed by atoms with Crippen molar-refractivity contribution in [1.29, 1.82) is 0 Å². The molecule has 2 unspecified atom stereocenters. The zero-order valence-corrected chi connectivity index (χ0v) is 15.1. The third-order valence-electron chi connectivity index (χ3n) is 5.60. The summed E-state index contributed by atoms with van der Waals surface area (Å²) in [7, 11) is 1.67. The van der Waals surface area contributed by atoms with Crippen molar-refractivity contribution in [2.45, 2.75) is 51.2 Å². The van der Waals surface area contributed by atoms with Gasteiger partial charge in [0, 0.05) is 30.4 Å². The van der Waals surface area contributed by atoms with Gasteiger partial charge in [-0.25, -0.2) is 4.98 Å². The Labute approximate surface area is 150 Å². The first-order chi connectivity index (χ1) is 12.2. The van der Waals surface area contributed by atoms with Crippen molar-refractivity contribution in [3.8, 4) is 5.88 Å². The molecule has 3 heteroatoms. The van der Waals surface area contributed by atoms with Crippen molar-refractivity contribution < 1.29 is 4.74 Å². The van der Waals surface area contributed by atoms with Crippen molar-refractivity contribution in [3.63, 3.8) is 0 Å². The molecule has 4 rings (SSSR count).